The van der Waals surface area contributed by atoms with Crippen molar-refractivity contribution in [3.8, 4) is 0 Å². The largest absolute Gasteiger partial charge is 0.303 e. The lowest BCUT2D eigenvalue weighted by Gasteiger charge is -2.23. The predicted molar refractivity (Wildman–Crippen MR) is 106 cm³/mol. The van der Waals surface area contributed by atoms with Gasteiger partial charge in [0.05, 0.1) is 16.6 Å². The summed E-state index contributed by atoms with van der Waals surface area (Å²) >= 11 is 11.9. The van der Waals surface area contributed by atoms with Crippen molar-refractivity contribution in [3.63, 3.8) is 0 Å². The normalized spacial score (nSPS) is 17.5. The zero-order valence-corrected chi connectivity index (χ0v) is 17.0. The van der Waals surface area contributed by atoms with Gasteiger partial charge in [0.2, 0.25) is 0 Å². The van der Waals surface area contributed by atoms with Gasteiger partial charge < -0.3 is 5.32 Å². The number of benzene rings is 1. The average Bonchev–Trinajstić information content (AvgIpc) is 2.55. The zero-order chi connectivity index (χ0) is 18.4. The maximum Gasteiger partial charge on any atom is 0.275 e. The molecule has 1 saturated carbocycles. The second kappa shape index (κ2) is 9.64. The summed E-state index contributed by atoms with van der Waals surface area (Å²) in [4.78, 5) is 32.7. The van der Waals surface area contributed by atoms with Crippen LogP contribution in [-0.4, -0.2) is 34.4 Å². The molecule has 1 fully saturated rings. The van der Waals surface area contributed by atoms with Crippen molar-refractivity contribution in [2.45, 2.75) is 45.1 Å². The predicted octanol–water partition coefficient (Wildman–Crippen LogP) is 4.63. The van der Waals surface area contributed by atoms with Gasteiger partial charge >= 0.3 is 0 Å². The Morgan fingerprint density at radius 2 is 1.92 bits per heavy atom. The topological polar surface area (TPSA) is 69.6 Å². The number of ketones is 1. The van der Waals surface area contributed by atoms with Gasteiger partial charge in [0.15, 0.2) is 11.9 Å². The van der Waals surface area contributed by atoms with Gasteiger partial charge in [-0.15, -0.1) is 0 Å². The average molecular weight is 407 g/mol. The van der Waals surface area contributed by atoms with Crippen molar-refractivity contribution in [3.05, 3.63) is 33.8 Å². The number of carbonyl (C=O) groups is 1. The van der Waals surface area contributed by atoms with E-state index in [-0.39, 0.29) is 24.5 Å². The lowest BCUT2D eigenvalue weighted by molar-refractivity contribution is -0.116. The molecule has 1 aromatic rings. The second-order valence-electron chi connectivity index (χ2n) is 7.04. The van der Waals surface area contributed by atoms with Gasteiger partial charge in [0.1, 0.15) is 6.16 Å². The highest BCUT2D eigenvalue weighted by atomic mass is 35.5. The van der Waals surface area contributed by atoms with E-state index in [0.717, 1.165) is 31.2 Å². The first kappa shape index (κ1) is 21.1. The van der Waals surface area contributed by atoms with Crippen molar-refractivity contribution in [2.24, 2.45) is 5.92 Å². The molecule has 0 aliphatic heterocycles. The number of halogens is 2. The molecule has 1 aromatic carbocycles. The monoisotopic (exact) mass is 406 g/mol. The Labute approximate surface area is 160 Å². The highest BCUT2D eigenvalue weighted by Gasteiger charge is 2.39. The fraction of sp³-hybridized carbons (Fsp3) is 0.611. The number of hydrogen-bond donors (Lipinski definition) is 3. The third kappa shape index (κ3) is 7.13. The van der Waals surface area contributed by atoms with Gasteiger partial charge in [-0.2, -0.15) is 0 Å². The minimum Gasteiger partial charge on any atom is -0.303 e. The first-order valence-electron chi connectivity index (χ1n) is 8.79. The minimum absolute atomic E-state index is 0.0813. The van der Waals surface area contributed by atoms with Crippen LogP contribution < -0.4 is 5.32 Å². The quantitative estimate of drug-likeness (QED) is 0.550. The van der Waals surface area contributed by atoms with E-state index >= 15 is 0 Å². The standard InChI is InChI=1S/C18H27Cl2NO3P/c1-13(15-7-8-17(19)18(20)9-15)21-10-16(22)12-25(23,24)11-14-5-3-2-4-6-14/h7-9,13-14,21,23-24H,2-6,10-12H2,1H3/q+1. The van der Waals surface area contributed by atoms with Crippen LogP contribution in [0.15, 0.2) is 18.2 Å². The SMILES string of the molecule is CC(NCC(=O)C[P+](O)(O)CC1CCCCC1)c1ccc(Cl)c(Cl)c1. The molecule has 1 aliphatic rings. The van der Waals surface area contributed by atoms with Gasteiger partial charge in [-0.25, -0.2) is 9.79 Å². The lowest BCUT2D eigenvalue weighted by Crippen LogP contribution is -2.29. The van der Waals surface area contributed by atoms with E-state index in [4.69, 9.17) is 23.2 Å². The molecule has 25 heavy (non-hydrogen) atoms. The van der Waals surface area contributed by atoms with Crippen molar-refractivity contribution >= 4 is 36.7 Å². The molecule has 0 radical (unpaired) electrons. The van der Waals surface area contributed by atoms with E-state index in [1.807, 2.05) is 13.0 Å². The summed E-state index contributed by atoms with van der Waals surface area (Å²) in [7, 11) is -3.14. The van der Waals surface area contributed by atoms with Crippen LogP contribution in [0.4, 0.5) is 0 Å². The summed E-state index contributed by atoms with van der Waals surface area (Å²) < 4.78 is 0. The van der Waals surface area contributed by atoms with Crippen LogP contribution in [0.3, 0.4) is 0 Å². The third-order valence-electron chi connectivity index (χ3n) is 4.75. The van der Waals surface area contributed by atoms with Crippen molar-refractivity contribution in [1.29, 1.82) is 0 Å². The zero-order valence-electron chi connectivity index (χ0n) is 14.5. The number of carbonyl (C=O) groups excluding carboxylic acids is 1. The third-order valence-corrected chi connectivity index (χ3v) is 7.45. The number of hydrogen-bond acceptors (Lipinski definition) is 4. The fourth-order valence-corrected chi connectivity index (χ4v) is 5.66. The number of nitrogens with one attached hydrogen (secondary N) is 1. The van der Waals surface area contributed by atoms with E-state index in [0.29, 0.717) is 22.1 Å². The Balaban J connectivity index is 1.79. The maximum atomic E-state index is 12.2. The summed E-state index contributed by atoms with van der Waals surface area (Å²) in [5.74, 6) is 0.189. The molecule has 1 aliphatic carbocycles. The van der Waals surface area contributed by atoms with E-state index in [9.17, 15) is 14.6 Å². The smallest absolute Gasteiger partial charge is 0.275 e. The Hall–Kier alpha value is -0.220. The van der Waals surface area contributed by atoms with Crippen LogP contribution in [0.2, 0.25) is 10.0 Å². The molecular formula is C18H27Cl2NO3P+. The van der Waals surface area contributed by atoms with Crippen LogP contribution in [0.25, 0.3) is 0 Å². The highest BCUT2D eigenvalue weighted by Crippen LogP contribution is 2.53. The van der Waals surface area contributed by atoms with Gasteiger partial charge in [-0.1, -0.05) is 48.5 Å². The molecule has 3 N–H and O–H groups in total. The Morgan fingerprint density at radius 1 is 1.24 bits per heavy atom. The number of rotatable bonds is 8. The van der Waals surface area contributed by atoms with Crippen LogP contribution in [0, 0.1) is 5.92 Å². The molecule has 0 spiro atoms. The van der Waals surface area contributed by atoms with Gasteiger partial charge in [0, 0.05) is 6.04 Å². The highest BCUT2D eigenvalue weighted by molar-refractivity contribution is 7.65. The Kier molecular flexibility index (Phi) is 8.13. The van der Waals surface area contributed by atoms with Gasteiger partial charge in [-0.05, 0) is 43.4 Å². The van der Waals surface area contributed by atoms with Gasteiger partial charge in [0.25, 0.3) is 7.72 Å². The van der Waals surface area contributed by atoms with Crippen molar-refractivity contribution < 1.29 is 14.6 Å². The van der Waals surface area contributed by atoms with Crippen LogP contribution in [-0.2, 0) is 4.79 Å². The molecule has 0 aromatic heterocycles. The van der Waals surface area contributed by atoms with Crippen LogP contribution in [0.1, 0.15) is 50.6 Å². The summed E-state index contributed by atoms with van der Waals surface area (Å²) in [6.45, 7) is 2.03. The van der Waals surface area contributed by atoms with E-state index in [1.54, 1.807) is 12.1 Å². The first-order valence-corrected chi connectivity index (χ1v) is 11.6. The molecule has 7 heteroatoms. The van der Waals surface area contributed by atoms with E-state index < -0.39 is 7.72 Å². The Morgan fingerprint density at radius 3 is 2.56 bits per heavy atom. The summed E-state index contributed by atoms with van der Waals surface area (Å²) in [5.41, 5.74) is 0.929. The minimum atomic E-state index is -3.14. The van der Waals surface area contributed by atoms with Crippen molar-refractivity contribution in [2.75, 3.05) is 18.9 Å². The molecule has 1 atom stereocenters. The van der Waals surface area contributed by atoms with E-state index in [2.05, 4.69) is 5.32 Å². The molecule has 0 bridgehead atoms. The molecule has 4 nitrogen and oxygen atoms in total. The Bertz CT molecular complexity index is 592. The molecule has 140 valence electrons. The van der Waals surface area contributed by atoms with Crippen LogP contribution >= 0.6 is 30.9 Å². The fourth-order valence-electron chi connectivity index (χ4n) is 3.35. The molecule has 0 saturated heterocycles. The number of Topliss-reactive ketones (excluding diaryl/α,β-unsaturated/α-hetero) is 1. The maximum absolute atomic E-state index is 12.2. The lowest BCUT2D eigenvalue weighted by atomic mass is 9.91. The second-order valence-corrected chi connectivity index (χ2v) is 10.3. The molecular weight excluding hydrogens is 380 g/mol. The van der Waals surface area contributed by atoms with Gasteiger partial charge in [-0.3, -0.25) is 4.79 Å². The van der Waals surface area contributed by atoms with E-state index in [1.165, 1.54) is 6.42 Å². The van der Waals surface area contributed by atoms with Crippen LogP contribution in [0.5, 0.6) is 0 Å². The summed E-state index contributed by atoms with van der Waals surface area (Å²) in [5, 5.41) is 4.08. The summed E-state index contributed by atoms with van der Waals surface area (Å²) in [6.07, 6.45) is 5.88. The van der Waals surface area contributed by atoms with Crippen molar-refractivity contribution in [1.82, 2.24) is 5.32 Å². The summed E-state index contributed by atoms with van der Waals surface area (Å²) in [6, 6.07) is 5.27. The molecule has 2 rings (SSSR count). The molecule has 0 heterocycles. The first-order chi connectivity index (χ1) is 11.8. The molecule has 1 unspecified atom stereocenters. The molecule has 0 amide bonds.